The maximum Gasteiger partial charge on any atom is -0.00443 e. The monoisotopic (exact) mass is 284 g/mol. The predicted molar refractivity (Wildman–Crippen MR) is 89.9 cm³/mol. The maximum absolute atomic E-state index is 2.64. The first-order valence-corrected chi connectivity index (χ1v) is 9.35. The highest BCUT2D eigenvalue weighted by atomic mass is 14.6. The van der Waals surface area contributed by atoms with Crippen LogP contribution in [0.15, 0.2) is 23.8 Å². The molecule has 0 spiro atoms. The second-order valence-corrected chi connectivity index (χ2v) is 9.23. The molecule has 4 rings (SSSR count). The van der Waals surface area contributed by atoms with Gasteiger partial charge in [-0.15, -0.1) is 0 Å². The minimum Gasteiger partial charge on any atom is -0.0805 e. The number of hydrogen-bond acceptors (Lipinski definition) is 0. The van der Waals surface area contributed by atoms with Gasteiger partial charge in [0, 0.05) is 0 Å². The Morgan fingerprint density at radius 3 is 2.57 bits per heavy atom. The molecule has 4 aliphatic carbocycles. The van der Waals surface area contributed by atoms with E-state index in [1.165, 1.54) is 38.5 Å². The fourth-order valence-electron chi connectivity index (χ4n) is 6.58. The third-order valence-corrected chi connectivity index (χ3v) is 8.37. The van der Waals surface area contributed by atoms with Gasteiger partial charge in [0.1, 0.15) is 0 Å². The van der Waals surface area contributed by atoms with E-state index in [0.29, 0.717) is 10.8 Å². The Morgan fingerprint density at radius 1 is 0.952 bits per heavy atom. The van der Waals surface area contributed by atoms with Crippen LogP contribution in [0.3, 0.4) is 0 Å². The van der Waals surface area contributed by atoms with Crippen molar-refractivity contribution in [1.82, 2.24) is 0 Å². The lowest BCUT2D eigenvalue weighted by Gasteiger charge is -2.56. The second kappa shape index (κ2) is 4.49. The Morgan fingerprint density at radius 2 is 1.76 bits per heavy atom. The predicted octanol–water partition coefficient (Wildman–Crippen LogP) is 6.00. The molecular weight excluding hydrogens is 252 g/mol. The van der Waals surface area contributed by atoms with Crippen LogP contribution in [0, 0.1) is 40.4 Å². The van der Waals surface area contributed by atoms with Crippen molar-refractivity contribution in [3.63, 3.8) is 0 Å². The summed E-state index contributed by atoms with van der Waals surface area (Å²) in [5.41, 5.74) is 2.79. The molecule has 0 aromatic rings. The number of rotatable bonds is 0. The van der Waals surface area contributed by atoms with Crippen molar-refractivity contribution in [3.8, 4) is 0 Å². The summed E-state index contributed by atoms with van der Waals surface area (Å²) < 4.78 is 0. The standard InChI is InChI=1S/C21H32/c1-14-9-11-21(4)16(13-14)6-7-17-18-8-5-15(2)20(18,3)12-10-19(17)21/h6-7,13-15,17-19H,5,8-12H2,1-4H3/t14?,15-,17?,18?,19?,20+,21-/m0/s1. The quantitative estimate of drug-likeness (QED) is 0.512. The van der Waals surface area contributed by atoms with Crippen molar-refractivity contribution in [1.29, 1.82) is 0 Å². The molecular formula is C21H32. The number of hydrogen-bond donors (Lipinski definition) is 0. The van der Waals surface area contributed by atoms with Crippen LogP contribution in [0.5, 0.6) is 0 Å². The molecule has 21 heavy (non-hydrogen) atoms. The van der Waals surface area contributed by atoms with Crippen LogP contribution in [-0.4, -0.2) is 0 Å². The summed E-state index contributed by atoms with van der Waals surface area (Å²) in [4.78, 5) is 0. The van der Waals surface area contributed by atoms with Crippen LogP contribution in [0.2, 0.25) is 0 Å². The molecule has 2 fully saturated rings. The van der Waals surface area contributed by atoms with E-state index >= 15 is 0 Å². The zero-order valence-corrected chi connectivity index (χ0v) is 14.4. The van der Waals surface area contributed by atoms with Gasteiger partial charge in [0.05, 0.1) is 0 Å². The molecule has 0 amide bonds. The van der Waals surface area contributed by atoms with Crippen LogP contribution in [0.4, 0.5) is 0 Å². The van der Waals surface area contributed by atoms with Gasteiger partial charge in [-0.3, -0.25) is 0 Å². The van der Waals surface area contributed by atoms with Crippen molar-refractivity contribution >= 4 is 0 Å². The molecule has 0 aromatic carbocycles. The van der Waals surface area contributed by atoms with E-state index < -0.39 is 0 Å². The van der Waals surface area contributed by atoms with Gasteiger partial charge in [0.2, 0.25) is 0 Å². The van der Waals surface area contributed by atoms with Crippen LogP contribution in [0.25, 0.3) is 0 Å². The first-order chi connectivity index (χ1) is 9.95. The highest BCUT2D eigenvalue weighted by molar-refractivity contribution is 5.35. The normalized spacial score (nSPS) is 55.4. The van der Waals surface area contributed by atoms with Crippen molar-refractivity contribution in [2.45, 2.75) is 66.2 Å². The molecule has 0 radical (unpaired) electrons. The number of allylic oxidation sites excluding steroid dienone is 4. The molecule has 0 heteroatoms. The summed E-state index contributed by atoms with van der Waals surface area (Å²) >= 11 is 0. The fraction of sp³-hybridized carbons (Fsp3) is 0.810. The first kappa shape index (κ1) is 14.1. The van der Waals surface area contributed by atoms with Crippen LogP contribution in [0.1, 0.15) is 66.2 Å². The van der Waals surface area contributed by atoms with E-state index in [2.05, 4.69) is 45.9 Å². The van der Waals surface area contributed by atoms with Crippen LogP contribution < -0.4 is 0 Å². The maximum atomic E-state index is 2.64. The highest BCUT2D eigenvalue weighted by Gasteiger charge is 2.56. The van der Waals surface area contributed by atoms with E-state index in [4.69, 9.17) is 0 Å². The Labute approximate surface area is 131 Å². The molecule has 116 valence electrons. The summed E-state index contributed by atoms with van der Waals surface area (Å²) in [5.74, 6) is 4.47. The molecule has 7 atom stereocenters. The summed E-state index contributed by atoms with van der Waals surface area (Å²) in [6.45, 7) is 10.1. The topological polar surface area (TPSA) is 0 Å². The smallest absolute Gasteiger partial charge is 0.00443 e. The van der Waals surface area contributed by atoms with Crippen molar-refractivity contribution in [3.05, 3.63) is 23.8 Å². The van der Waals surface area contributed by atoms with Crippen LogP contribution in [-0.2, 0) is 0 Å². The van der Waals surface area contributed by atoms with Gasteiger partial charge < -0.3 is 0 Å². The summed E-state index contributed by atoms with van der Waals surface area (Å²) in [6.07, 6.45) is 16.5. The lowest BCUT2D eigenvalue weighted by atomic mass is 9.48. The van der Waals surface area contributed by atoms with Crippen molar-refractivity contribution in [2.24, 2.45) is 40.4 Å². The largest absolute Gasteiger partial charge is 0.0805 e. The van der Waals surface area contributed by atoms with E-state index in [1.807, 2.05) is 0 Å². The van der Waals surface area contributed by atoms with E-state index in [-0.39, 0.29) is 0 Å². The van der Waals surface area contributed by atoms with Crippen molar-refractivity contribution in [2.75, 3.05) is 0 Å². The van der Waals surface area contributed by atoms with E-state index in [0.717, 1.165) is 29.6 Å². The van der Waals surface area contributed by atoms with Gasteiger partial charge in [0.25, 0.3) is 0 Å². The minimum atomic E-state index is 0.485. The molecule has 0 aliphatic heterocycles. The summed E-state index contributed by atoms with van der Waals surface area (Å²) in [6, 6.07) is 0. The molecule has 0 bridgehead atoms. The van der Waals surface area contributed by atoms with Gasteiger partial charge in [-0.1, -0.05) is 45.9 Å². The molecule has 4 aliphatic rings. The zero-order valence-electron chi connectivity index (χ0n) is 14.4. The second-order valence-electron chi connectivity index (χ2n) is 9.23. The molecule has 0 N–H and O–H groups in total. The Hall–Kier alpha value is -0.520. The summed E-state index contributed by atoms with van der Waals surface area (Å²) in [5, 5.41) is 0. The van der Waals surface area contributed by atoms with Crippen LogP contribution >= 0.6 is 0 Å². The zero-order chi connectivity index (χ0) is 14.8. The molecule has 0 nitrogen and oxygen atoms in total. The fourth-order valence-corrected chi connectivity index (χ4v) is 6.58. The van der Waals surface area contributed by atoms with E-state index in [1.54, 1.807) is 5.57 Å². The Bertz CT molecular complexity index is 498. The Balaban J connectivity index is 1.73. The van der Waals surface area contributed by atoms with Gasteiger partial charge >= 0.3 is 0 Å². The van der Waals surface area contributed by atoms with Crippen molar-refractivity contribution < 1.29 is 0 Å². The molecule has 4 unspecified atom stereocenters. The highest BCUT2D eigenvalue weighted by Crippen LogP contribution is 2.65. The average molecular weight is 284 g/mol. The SMILES string of the molecule is CC1C=C2C=CC3C(CC[C@@]4(C)C3CC[C@@H]4C)[C@@]2(C)CC1. The summed E-state index contributed by atoms with van der Waals surface area (Å²) in [7, 11) is 0. The lowest BCUT2D eigenvalue weighted by molar-refractivity contribution is -0.0129. The average Bonchev–Trinajstić information content (AvgIpc) is 2.76. The van der Waals surface area contributed by atoms with E-state index in [9.17, 15) is 0 Å². The lowest BCUT2D eigenvalue weighted by Crippen LogP contribution is -2.48. The van der Waals surface area contributed by atoms with Gasteiger partial charge in [-0.05, 0) is 84.5 Å². The third kappa shape index (κ3) is 1.80. The third-order valence-electron chi connectivity index (χ3n) is 8.37. The molecule has 0 saturated heterocycles. The van der Waals surface area contributed by atoms with Gasteiger partial charge in [-0.25, -0.2) is 0 Å². The molecule has 0 aromatic heterocycles. The van der Waals surface area contributed by atoms with Gasteiger partial charge in [-0.2, -0.15) is 0 Å². The first-order valence-electron chi connectivity index (χ1n) is 9.35. The Kier molecular flexibility index (Phi) is 3.02. The van der Waals surface area contributed by atoms with Gasteiger partial charge in [0.15, 0.2) is 0 Å². The molecule has 2 saturated carbocycles. The molecule has 0 heterocycles. The number of fused-ring (bicyclic) bond motifs is 5. The minimum absolute atomic E-state index is 0.485.